The van der Waals surface area contributed by atoms with Gasteiger partial charge in [-0.15, -0.1) is 0 Å². The van der Waals surface area contributed by atoms with E-state index in [0.717, 1.165) is 42.3 Å². The molecule has 0 aromatic rings. The van der Waals surface area contributed by atoms with Gasteiger partial charge in [-0.3, -0.25) is 4.80 Å². The Bertz CT molecular complexity index is 1210. The summed E-state index contributed by atoms with van der Waals surface area (Å²) >= 11 is 0. The Labute approximate surface area is 369 Å². The molecule has 3 rings (SSSR count). The summed E-state index contributed by atoms with van der Waals surface area (Å²) in [4.78, 5) is 13.8. The topological polar surface area (TPSA) is 131 Å². The van der Waals surface area contributed by atoms with Gasteiger partial charge in [0, 0.05) is 0 Å². The average molecular weight is 1060 g/mol. The van der Waals surface area contributed by atoms with Gasteiger partial charge >= 0.3 is 103 Å². The largest absolute Gasteiger partial charge is 0.416 e. The predicted molar refractivity (Wildman–Crippen MR) is 268 cm³/mol. The van der Waals surface area contributed by atoms with E-state index in [1.165, 1.54) is 0 Å². The van der Waals surface area contributed by atoms with Gasteiger partial charge in [-0.05, 0) is 175 Å². The first kappa shape index (κ1) is 54.8. The highest BCUT2D eigenvalue weighted by atomic mass is 28.5. The van der Waals surface area contributed by atoms with Crippen molar-refractivity contribution in [2.45, 2.75) is 199 Å². The molecule has 1 radical (unpaired) electrons. The fourth-order valence-electron chi connectivity index (χ4n) is 10.0. The van der Waals surface area contributed by atoms with Crippen molar-refractivity contribution in [3.8, 4) is 0 Å². The zero-order valence-corrected chi connectivity index (χ0v) is 55.0. The van der Waals surface area contributed by atoms with E-state index in [1.54, 1.807) is 0 Å². The summed E-state index contributed by atoms with van der Waals surface area (Å²) in [6.45, 7) is 48.9. The Balaban J connectivity index is 2.15. The summed E-state index contributed by atoms with van der Waals surface area (Å²) in [5, 5.41) is 0. The third-order valence-electron chi connectivity index (χ3n) is 10.3. The Morgan fingerprint density at radius 2 is 0.448 bits per heavy atom. The Kier molecular flexibility index (Phi) is 17.0. The maximum atomic E-state index is 13.8. The third-order valence-corrected chi connectivity index (χ3v) is 68.2. The van der Waals surface area contributed by atoms with Crippen LogP contribution < -0.4 is 0 Å². The molecule has 0 saturated carbocycles. The molecule has 27 heteroatoms. The first-order chi connectivity index (χ1) is 25.3. The highest BCUT2D eigenvalue weighted by molar-refractivity contribution is 6.97. The Morgan fingerprint density at radius 1 is 0.276 bits per heavy atom. The lowest BCUT2D eigenvalue weighted by atomic mass is 10.9. The van der Waals surface area contributed by atoms with Crippen LogP contribution in [0.15, 0.2) is 0 Å². The van der Waals surface area contributed by atoms with Crippen LogP contribution in [-0.4, -0.2) is 119 Å². The van der Waals surface area contributed by atoms with Crippen molar-refractivity contribution in [3.63, 3.8) is 0 Å². The van der Waals surface area contributed by atoms with Gasteiger partial charge < -0.3 is 49.4 Å². The van der Waals surface area contributed by atoms with Gasteiger partial charge in [-0.25, -0.2) is 0 Å². The molecule has 343 valence electrons. The molecule has 0 spiro atoms. The molecule has 3 heterocycles. The highest BCUT2D eigenvalue weighted by Crippen LogP contribution is 2.44. The fourth-order valence-corrected chi connectivity index (χ4v) is 90.2. The molecular formula is C31H85O13Si14. The van der Waals surface area contributed by atoms with Crippen molar-refractivity contribution < 1.29 is 54.2 Å². The van der Waals surface area contributed by atoms with Gasteiger partial charge in [-0.2, -0.15) is 0 Å². The van der Waals surface area contributed by atoms with E-state index in [-0.39, 0.29) is 0 Å². The second-order valence-electron chi connectivity index (χ2n) is 22.5. The lowest BCUT2D eigenvalue weighted by Crippen LogP contribution is -2.66. The molecule has 0 unspecified atom stereocenters. The Hall–Kier alpha value is 2.52. The first-order valence-electron chi connectivity index (χ1n) is 21.4. The normalized spacial score (nSPS) is 29.4. The molecule has 0 aliphatic carbocycles. The first-order valence-corrected chi connectivity index (χ1v) is 60.3. The molecule has 58 heavy (non-hydrogen) atoms. The lowest BCUT2D eigenvalue weighted by Gasteiger charge is -2.50. The van der Waals surface area contributed by atoms with Crippen LogP contribution in [-0.2, 0) is 54.2 Å². The van der Waals surface area contributed by atoms with E-state index in [4.69, 9.17) is 49.4 Å². The zero-order chi connectivity index (χ0) is 45.1. The zero-order valence-electron chi connectivity index (χ0n) is 41.0. The number of rotatable bonds is 12. The highest BCUT2D eigenvalue weighted by Gasteiger charge is 2.57. The summed E-state index contributed by atoms with van der Waals surface area (Å²) < 4.78 is 83.8. The van der Waals surface area contributed by atoms with Crippen LogP contribution in [0.3, 0.4) is 0 Å². The van der Waals surface area contributed by atoms with Crippen molar-refractivity contribution in [2.24, 2.45) is 0 Å². The van der Waals surface area contributed by atoms with Crippen LogP contribution >= 0.6 is 0 Å². The van der Waals surface area contributed by atoms with Crippen molar-refractivity contribution in [1.82, 2.24) is 0 Å². The molecule has 13 nitrogen and oxygen atoms in total. The van der Waals surface area contributed by atoms with Crippen molar-refractivity contribution in [2.75, 3.05) is 0 Å². The smallest absolute Gasteiger partial charge is 0.317 e. The minimum Gasteiger partial charge on any atom is -0.416 e. The Morgan fingerprint density at radius 3 is 0.621 bits per heavy atom. The van der Waals surface area contributed by atoms with Crippen molar-refractivity contribution in [3.05, 3.63) is 0 Å². The summed E-state index contributed by atoms with van der Waals surface area (Å²) in [5.41, 5.74) is 0. The van der Waals surface area contributed by atoms with Gasteiger partial charge in [-0.1, -0.05) is 24.2 Å². The van der Waals surface area contributed by atoms with E-state index in [9.17, 15) is 4.80 Å². The summed E-state index contributed by atoms with van der Waals surface area (Å²) in [6, 6.07) is 6.91. The summed E-state index contributed by atoms with van der Waals surface area (Å²) in [7, 11) is -36.6. The minimum atomic E-state index is -2.85. The van der Waals surface area contributed by atoms with Crippen LogP contribution in [0.4, 0.5) is 0 Å². The van der Waals surface area contributed by atoms with Crippen LogP contribution in [0, 0.1) is 0 Å². The summed E-state index contributed by atoms with van der Waals surface area (Å²) in [6.07, 6.45) is 0. The molecule has 0 atom stereocenters. The molecule has 0 N–H and O–H groups in total. The molecule has 3 aliphatic heterocycles. The number of hydrogen-bond acceptors (Lipinski definition) is 12. The maximum absolute atomic E-state index is 13.8. The van der Waals surface area contributed by atoms with E-state index in [2.05, 4.69) is 137 Å². The molecule has 3 saturated heterocycles. The quantitative estimate of drug-likeness (QED) is 0.172. The number of hydrogen-bond donors (Lipinski definition) is 0. The van der Waals surface area contributed by atoms with E-state index in [1.807, 2.05) is 13.1 Å². The SMILES string of the molecule is C[Si](C)([O])CC[Si](CC[Si]1(C)O[Si](C)(C)O[Si](C)(C)O[Si](C)(C)O1)(CC[Si]1(C)O[Si](C)(C)O[Si](C)(C)O[Si](C)(C)O1)CC[Si]1(C)O[Si](C)(C)O[Si](C)(C)O[Si](C)(C)O1. The third kappa shape index (κ3) is 18.4. The van der Waals surface area contributed by atoms with Crippen molar-refractivity contribution >= 4 is 119 Å². The molecule has 0 aromatic carbocycles. The van der Waals surface area contributed by atoms with Gasteiger partial charge in [0.15, 0.2) is 0 Å². The van der Waals surface area contributed by atoms with Gasteiger partial charge in [0.1, 0.15) is 0 Å². The van der Waals surface area contributed by atoms with Crippen LogP contribution in [0.1, 0.15) is 0 Å². The van der Waals surface area contributed by atoms with E-state index < -0.39 is 119 Å². The fraction of sp³-hybridized carbons (Fsp3) is 1.00. The second kappa shape index (κ2) is 18.0. The monoisotopic (exact) mass is 1060 g/mol. The van der Waals surface area contributed by atoms with E-state index in [0.29, 0.717) is 6.04 Å². The molecule has 3 fully saturated rings. The maximum Gasteiger partial charge on any atom is 0.317 e. The molecule has 3 aliphatic rings. The van der Waals surface area contributed by atoms with Gasteiger partial charge in [0.05, 0.1) is 8.07 Å². The molecule has 0 amide bonds. The minimum absolute atomic E-state index is 0.713. The van der Waals surface area contributed by atoms with Crippen LogP contribution in [0.2, 0.25) is 199 Å². The molecular weight excluding hydrogens is 974 g/mol. The standard InChI is InChI=1S/C31H85O13Si14/c1-45(2,32)24-28-58(29-25-55(21)39-49(9,10)33-46(3,4)34-50(11,12)40-55,30-26-56(22)41-51(13,14)35-47(5,6)36-52(15,16)42-56)31-27-57(23)43-53(17,18)37-48(7,8)38-54(19,20)44-57/h24-31H2,1-23H3. The van der Waals surface area contributed by atoms with Crippen LogP contribution in [0.25, 0.3) is 0 Å². The summed E-state index contributed by atoms with van der Waals surface area (Å²) in [5.74, 6) is 0. The van der Waals surface area contributed by atoms with Crippen molar-refractivity contribution in [1.29, 1.82) is 0 Å². The average Bonchev–Trinajstić information content (AvgIpc) is 2.83. The second-order valence-corrected chi connectivity index (χ2v) is 74.8. The van der Waals surface area contributed by atoms with Crippen LogP contribution in [0.5, 0.6) is 0 Å². The molecule has 0 aromatic heterocycles. The van der Waals surface area contributed by atoms with E-state index >= 15 is 0 Å². The predicted octanol–water partition coefficient (Wildman–Crippen LogP) is 10.8. The lowest BCUT2D eigenvalue weighted by molar-refractivity contribution is 0.233. The molecule has 0 bridgehead atoms. The van der Waals surface area contributed by atoms with Gasteiger partial charge in [0.25, 0.3) is 0 Å². The van der Waals surface area contributed by atoms with Gasteiger partial charge in [0.2, 0.25) is 8.32 Å².